The Morgan fingerprint density at radius 2 is 2.00 bits per heavy atom. The molecule has 1 fully saturated rings. The topological polar surface area (TPSA) is 64.7 Å². The highest BCUT2D eigenvalue weighted by Gasteiger charge is 2.67. The molecule has 8 heteroatoms. The summed E-state index contributed by atoms with van der Waals surface area (Å²) in [4.78, 5) is 16.3. The summed E-state index contributed by atoms with van der Waals surface area (Å²) >= 11 is 0. The van der Waals surface area contributed by atoms with Crippen molar-refractivity contribution in [3.8, 4) is 0 Å². The van der Waals surface area contributed by atoms with Gasteiger partial charge in [-0.2, -0.15) is 13.2 Å². The quantitative estimate of drug-likeness (QED) is 0.841. The summed E-state index contributed by atoms with van der Waals surface area (Å²) in [7, 11) is 0. The lowest BCUT2D eigenvalue weighted by Gasteiger charge is -2.30. The fourth-order valence-corrected chi connectivity index (χ4v) is 3.18. The van der Waals surface area contributed by atoms with Crippen molar-refractivity contribution in [1.29, 1.82) is 0 Å². The van der Waals surface area contributed by atoms with Crippen LogP contribution in [0.3, 0.4) is 0 Å². The molecular formula is C17H18F4N2O2. The lowest BCUT2D eigenvalue weighted by Crippen LogP contribution is -2.35. The minimum absolute atomic E-state index is 0.0661. The van der Waals surface area contributed by atoms with Gasteiger partial charge in [-0.3, -0.25) is 4.79 Å². The lowest BCUT2D eigenvalue weighted by atomic mass is 9.86. The van der Waals surface area contributed by atoms with Gasteiger partial charge in [-0.25, -0.2) is 9.38 Å². The predicted molar refractivity (Wildman–Crippen MR) is 82.4 cm³/mol. The molecule has 1 saturated carbocycles. The minimum atomic E-state index is -4.54. The van der Waals surface area contributed by atoms with Crippen molar-refractivity contribution in [3.63, 3.8) is 0 Å². The van der Waals surface area contributed by atoms with Crippen LogP contribution in [0.4, 0.5) is 17.6 Å². The number of alkyl halides is 3. The van der Waals surface area contributed by atoms with E-state index in [9.17, 15) is 22.4 Å². The highest BCUT2D eigenvalue weighted by Crippen LogP contribution is 2.58. The maximum absolute atomic E-state index is 14.3. The molecule has 136 valence electrons. The van der Waals surface area contributed by atoms with E-state index in [1.807, 2.05) is 0 Å². The average molecular weight is 358 g/mol. The van der Waals surface area contributed by atoms with Crippen molar-refractivity contribution in [2.75, 3.05) is 6.61 Å². The fraction of sp³-hybridized carbons (Fsp3) is 0.529. The minimum Gasteiger partial charge on any atom is -0.465 e. The van der Waals surface area contributed by atoms with Crippen molar-refractivity contribution in [2.45, 2.75) is 44.3 Å². The van der Waals surface area contributed by atoms with E-state index in [0.29, 0.717) is 12.0 Å². The Balaban J connectivity index is 1.88. The van der Waals surface area contributed by atoms with Crippen LogP contribution in [0.15, 0.2) is 23.2 Å². The second-order valence-electron chi connectivity index (χ2n) is 6.82. The Labute approximate surface area is 142 Å². The van der Waals surface area contributed by atoms with Gasteiger partial charge in [0.15, 0.2) is 5.78 Å². The third-order valence-corrected chi connectivity index (χ3v) is 5.00. The van der Waals surface area contributed by atoms with Crippen molar-refractivity contribution < 1.29 is 27.1 Å². The van der Waals surface area contributed by atoms with Gasteiger partial charge in [-0.15, -0.1) is 0 Å². The van der Waals surface area contributed by atoms with Gasteiger partial charge in [0, 0.05) is 18.4 Å². The first-order chi connectivity index (χ1) is 11.6. The maximum Gasteiger partial charge on any atom is 0.401 e. The molecule has 0 aromatic heterocycles. The van der Waals surface area contributed by atoms with Gasteiger partial charge < -0.3 is 10.5 Å². The second-order valence-corrected chi connectivity index (χ2v) is 6.82. The highest BCUT2D eigenvalue weighted by molar-refractivity contribution is 5.90. The van der Waals surface area contributed by atoms with Crippen LogP contribution < -0.4 is 5.73 Å². The standard InChI is InChI=1S/C17H18F4N2O2/c1-15(6-7-25-14(22)23-15)11-8-10(2-3-12(11)18)9-13(24)16(4-5-16)17(19,20)21/h2-3,8H,4-7,9H2,1H3,(H2,22,23)/t15-/m0/s1. The van der Waals surface area contributed by atoms with Gasteiger partial charge in [0.25, 0.3) is 6.02 Å². The molecule has 1 aliphatic carbocycles. The summed E-state index contributed by atoms with van der Waals surface area (Å²) in [5.41, 5.74) is 2.87. The zero-order valence-electron chi connectivity index (χ0n) is 13.6. The first-order valence-electron chi connectivity index (χ1n) is 7.94. The largest absolute Gasteiger partial charge is 0.465 e. The van der Waals surface area contributed by atoms with E-state index in [2.05, 4.69) is 4.99 Å². The van der Waals surface area contributed by atoms with Gasteiger partial charge in [-0.05, 0) is 37.5 Å². The Hall–Kier alpha value is -2.12. The van der Waals surface area contributed by atoms with Crippen molar-refractivity contribution in [3.05, 3.63) is 35.1 Å². The molecule has 3 rings (SSSR count). The molecule has 0 saturated heterocycles. The summed E-state index contributed by atoms with van der Waals surface area (Å²) in [5.74, 6) is -1.42. The third-order valence-electron chi connectivity index (χ3n) is 5.00. The molecule has 25 heavy (non-hydrogen) atoms. The highest BCUT2D eigenvalue weighted by atomic mass is 19.4. The molecule has 1 aromatic rings. The van der Waals surface area contributed by atoms with E-state index in [0.717, 1.165) is 6.07 Å². The Kier molecular flexibility index (Phi) is 4.04. The monoisotopic (exact) mass is 358 g/mol. The predicted octanol–water partition coefficient (Wildman–Crippen LogP) is 3.23. The molecule has 1 atom stereocenters. The van der Waals surface area contributed by atoms with Crippen LogP contribution >= 0.6 is 0 Å². The Morgan fingerprint density at radius 3 is 2.56 bits per heavy atom. The van der Waals surface area contributed by atoms with E-state index >= 15 is 0 Å². The average Bonchev–Trinajstić information content (AvgIpc) is 3.30. The van der Waals surface area contributed by atoms with Crippen LogP contribution in [-0.4, -0.2) is 24.6 Å². The summed E-state index contributed by atoms with van der Waals surface area (Å²) in [6, 6.07) is 3.82. The second kappa shape index (κ2) is 5.71. The summed E-state index contributed by atoms with van der Waals surface area (Å²) in [6.07, 6.45) is -4.93. The number of nitrogens with two attached hydrogens (primary N) is 1. The number of rotatable bonds is 4. The number of carbonyl (C=O) groups is 1. The molecule has 0 radical (unpaired) electrons. The molecule has 0 bridgehead atoms. The number of Topliss-reactive ketones (excluding diaryl/α,β-unsaturated/α-hetero) is 1. The van der Waals surface area contributed by atoms with E-state index in [1.54, 1.807) is 6.92 Å². The molecule has 2 N–H and O–H groups in total. The molecule has 0 amide bonds. The lowest BCUT2D eigenvalue weighted by molar-refractivity contribution is -0.190. The molecule has 0 unspecified atom stereocenters. The number of benzene rings is 1. The number of aliphatic imine (C=N–C) groups is 1. The van der Waals surface area contributed by atoms with E-state index in [-0.39, 0.29) is 31.0 Å². The Morgan fingerprint density at radius 1 is 1.32 bits per heavy atom. The molecule has 0 spiro atoms. The normalized spacial score (nSPS) is 25.1. The molecule has 2 aliphatic rings. The van der Waals surface area contributed by atoms with E-state index in [1.165, 1.54) is 12.1 Å². The number of hydrogen-bond acceptors (Lipinski definition) is 4. The van der Waals surface area contributed by atoms with Gasteiger partial charge in [-0.1, -0.05) is 6.07 Å². The first kappa shape index (κ1) is 17.7. The molecular weight excluding hydrogens is 340 g/mol. The van der Waals surface area contributed by atoms with Crippen LogP contribution in [0, 0.1) is 11.2 Å². The van der Waals surface area contributed by atoms with Crippen LogP contribution in [0.1, 0.15) is 37.3 Å². The number of hydrogen-bond donors (Lipinski definition) is 1. The van der Waals surface area contributed by atoms with Gasteiger partial charge in [0.05, 0.1) is 12.1 Å². The molecule has 1 aromatic carbocycles. The molecule has 4 nitrogen and oxygen atoms in total. The van der Waals surface area contributed by atoms with Gasteiger partial charge >= 0.3 is 6.18 Å². The Bertz CT molecular complexity index is 741. The number of halogens is 4. The maximum atomic E-state index is 14.3. The third kappa shape index (κ3) is 3.09. The van der Waals surface area contributed by atoms with Crippen molar-refractivity contribution >= 4 is 11.8 Å². The summed E-state index contributed by atoms with van der Waals surface area (Å²) < 4.78 is 58.5. The summed E-state index contributed by atoms with van der Waals surface area (Å²) in [5, 5.41) is 0. The number of amidine groups is 1. The number of nitrogens with zero attached hydrogens (tertiary/aromatic N) is 1. The zero-order chi connectivity index (χ0) is 18.5. The number of ketones is 1. The van der Waals surface area contributed by atoms with Crippen molar-refractivity contribution in [1.82, 2.24) is 0 Å². The van der Waals surface area contributed by atoms with Crippen LogP contribution in [0.5, 0.6) is 0 Å². The number of carbonyl (C=O) groups excluding carboxylic acids is 1. The molecule has 1 heterocycles. The summed E-state index contributed by atoms with van der Waals surface area (Å²) in [6.45, 7) is 1.93. The fourth-order valence-electron chi connectivity index (χ4n) is 3.18. The van der Waals surface area contributed by atoms with Crippen LogP contribution in [-0.2, 0) is 21.5 Å². The number of ether oxygens (including phenoxy) is 1. The van der Waals surface area contributed by atoms with Gasteiger partial charge in [0.1, 0.15) is 11.2 Å². The van der Waals surface area contributed by atoms with Crippen LogP contribution in [0.2, 0.25) is 0 Å². The smallest absolute Gasteiger partial charge is 0.401 e. The van der Waals surface area contributed by atoms with Crippen LogP contribution in [0.25, 0.3) is 0 Å². The van der Waals surface area contributed by atoms with E-state index in [4.69, 9.17) is 10.5 Å². The first-order valence-corrected chi connectivity index (χ1v) is 7.94. The van der Waals surface area contributed by atoms with Crippen molar-refractivity contribution in [2.24, 2.45) is 16.1 Å². The SMILES string of the molecule is C[C@@]1(c2cc(CC(=O)C3(C(F)(F)F)CC3)ccc2F)CCOC(N)=N1. The van der Waals surface area contributed by atoms with Gasteiger partial charge in [0.2, 0.25) is 0 Å². The molecule has 1 aliphatic heterocycles. The zero-order valence-corrected chi connectivity index (χ0v) is 13.6. The van der Waals surface area contributed by atoms with E-state index < -0.39 is 35.2 Å².